The standard InChI is InChI=1S/C24H25N3O4S/c1-26(22-8-3-4-10-23(22)31-2)32(29,30)20-13-11-18(12-14-20)24(28)27-16-6-9-21(27)19-7-5-15-25-17-19/h3-5,7-8,10-15,17,21H,6,9,16H2,1-2H3/t21-/m1/s1. The molecular formula is C24H25N3O4S. The molecule has 1 aliphatic heterocycles. The fourth-order valence-corrected chi connectivity index (χ4v) is 5.25. The van der Waals surface area contributed by atoms with Crippen LogP contribution < -0.4 is 9.04 Å². The molecule has 0 spiro atoms. The molecule has 0 radical (unpaired) electrons. The van der Waals surface area contributed by atoms with Crippen LogP contribution in [0, 0.1) is 0 Å². The van der Waals surface area contributed by atoms with Crippen molar-refractivity contribution in [2.45, 2.75) is 23.8 Å². The van der Waals surface area contributed by atoms with Gasteiger partial charge in [-0.15, -0.1) is 0 Å². The van der Waals surface area contributed by atoms with Gasteiger partial charge in [0.15, 0.2) is 0 Å². The molecule has 0 bridgehead atoms. The Kier molecular flexibility index (Phi) is 6.14. The van der Waals surface area contributed by atoms with E-state index in [4.69, 9.17) is 4.74 Å². The van der Waals surface area contributed by atoms with Crippen LogP contribution in [0.3, 0.4) is 0 Å². The Morgan fingerprint density at radius 3 is 2.53 bits per heavy atom. The number of pyridine rings is 1. The lowest BCUT2D eigenvalue weighted by Crippen LogP contribution is -2.31. The molecule has 1 fully saturated rings. The fourth-order valence-electron chi connectivity index (χ4n) is 4.04. The van der Waals surface area contributed by atoms with Crippen LogP contribution in [0.15, 0.2) is 78.0 Å². The number of likely N-dealkylation sites (tertiary alicyclic amines) is 1. The molecule has 1 aliphatic rings. The minimum Gasteiger partial charge on any atom is -0.495 e. The lowest BCUT2D eigenvalue weighted by Gasteiger charge is -2.25. The summed E-state index contributed by atoms with van der Waals surface area (Å²) in [5.74, 6) is 0.347. The molecule has 166 valence electrons. The number of ether oxygens (including phenoxy) is 1. The van der Waals surface area contributed by atoms with E-state index in [9.17, 15) is 13.2 Å². The zero-order valence-electron chi connectivity index (χ0n) is 18.0. The summed E-state index contributed by atoms with van der Waals surface area (Å²) in [6.45, 7) is 0.662. The third-order valence-electron chi connectivity index (χ3n) is 5.77. The Hall–Kier alpha value is -3.39. The topological polar surface area (TPSA) is 79.8 Å². The van der Waals surface area contributed by atoms with Gasteiger partial charge in [0.1, 0.15) is 5.75 Å². The molecule has 1 aromatic heterocycles. The van der Waals surface area contributed by atoms with Gasteiger partial charge in [-0.2, -0.15) is 0 Å². The smallest absolute Gasteiger partial charge is 0.264 e. The summed E-state index contributed by atoms with van der Waals surface area (Å²) in [6.07, 6.45) is 5.31. The Balaban J connectivity index is 1.57. The van der Waals surface area contributed by atoms with Gasteiger partial charge in [0.05, 0.1) is 23.7 Å². The van der Waals surface area contributed by atoms with Gasteiger partial charge < -0.3 is 9.64 Å². The largest absolute Gasteiger partial charge is 0.495 e. The molecule has 0 unspecified atom stereocenters. The molecule has 2 aromatic carbocycles. The number of rotatable bonds is 6. The van der Waals surface area contributed by atoms with E-state index in [1.165, 1.54) is 30.6 Å². The monoisotopic (exact) mass is 451 g/mol. The summed E-state index contributed by atoms with van der Waals surface area (Å²) in [5, 5.41) is 0. The number of nitrogens with zero attached hydrogens (tertiary/aromatic N) is 3. The molecule has 1 saturated heterocycles. The van der Waals surface area contributed by atoms with Gasteiger partial charge in [-0.05, 0) is 60.9 Å². The van der Waals surface area contributed by atoms with Gasteiger partial charge in [-0.3, -0.25) is 14.1 Å². The number of anilines is 1. The number of hydrogen-bond donors (Lipinski definition) is 0. The number of methoxy groups -OCH3 is 1. The minimum atomic E-state index is -3.82. The van der Waals surface area contributed by atoms with Crippen molar-refractivity contribution in [3.05, 3.63) is 84.2 Å². The summed E-state index contributed by atoms with van der Waals surface area (Å²) in [4.78, 5) is 19.3. The van der Waals surface area contributed by atoms with Crippen LogP contribution in [-0.2, 0) is 10.0 Å². The van der Waals surface area contributed by atoms with Crippen LogP contribution in [0.5, 0.6) is 5.75 Å². The molecule has 1 amide bonds. The van der Waals surface area contributed by atoms with E-state index in [2.05, 4.69) is 4.98 Å². The number of sulfonamides is 1. The Morgan fingerprint density at radius 1 is 1.09 bits per heavy atom. The van der Waals surface area contributed by atoms with Crippen molar-refractivity contribution in [3.63, 3.8) is 0 Å². The Bertz CT molecular complexity index is 1200. The zero-order valence-corrected chi connectivity index (χ0v) is 18.8. The zero-order chi connectivity index (χ0) is 22.7. The van der Waals surface area contributed by atoms with Crippen molar-refractivity contribution in [2.24, 2.45) is 0 Å². The first-order valence-corrected chi connectivity index (χ1v) is 11.8. The Labute approximate surface area is 188 Å². The van der Waals surface area contributed by atoms with E-state index in [1.807, 2.05) is 17.0 Å². The van der Waals surface area contributed by atoms with Gasteiger partial charge in [-0.25, -0.2) is 8.42 Å². The summed E-state index contributed by atoms with van der Waals surface area (Å²) in [7, 11) is -0.842. The number of aromatic nitrogens is 1. The highest BCUT2D eigenvalue weighted by atomic mass is 32.2. The van der Waals surface area contributed by atoms with Gasteiger partial charge in [0.2, 0.25) is 0 Å². The van der Waals surface area contributed by atoms with Crippen LogP contribution in [0.1, 0.15) is 34.8 Å². The molecule has 2 heterocycles. The normalized spacial score (nSPS) is 16.1. The van der Waals surface area contributed by atoms with Crippen LogP contribution in [0.25, 0.3) is 0 Å². The third kappa shape index (κ3) is 4.05. The summed E-state index contributed by atoms with van der Waals surface area (Å²) >= 11 is 0. The predicted molar refractivity (Wildman–Crippen MR) is 122 cm³/mol. The molecular weight excluding hydrogens is 426 g/mol. The molecule has 0 saturated carbocycles. The van der Waals surface area contributed by atoms with Gasteiger partial charge in [0, 0.05) is 31.5 Å². The van der Waals surface area contributed by atoms with E-state index < -0.39 is 10.0 Å². The van der Waals surface area contributed by atoms with E-state index in [1.54, 1.807) is 48.8 Å². The second kappa shape index (κ2) is 9.00. The van der Waals surface area contributed by atoms with Crippen LogP contribution in [0.4, 0.5) is 5.69 Å². The average molecular weight is 452 g/mol. The van der Waals surface area contributed by atoms with E-state index in [0.717, 1.165) is 18.4 Å². The van der Waals surface area contributed by atoms with E-state index >= 15 is 0 Å². The molecule has 1 atom stereocenters. The van der Waals surface area contributed by atoms with Crippen LogP contribution >= 0.6 is 0 Å². The van der Waals surface area contributed by atoms with Crippen molar-refractivity contribution in [3.8, 4) is 5.75 Å². The first-order valence-electron chi connectivity index (χ1n) is 10.4. The average Bonchev–Trinajstić information content (AvgIpc) is 3.33. The minimum absolute atomic E-state index is 0.0173. The first kappa shape index (κ1) is 21.8. The maximum absolute atomic E-state index is 13.2. The lowest BCUT2D eigenvalue weighted by atomic mass is 10.1. The summed E-state index contributed by atoms with van der Waals surface area (Å²) < 4.78 is 32.8. The highest BCUT2D eigenvalue weighted by molar-refractivity contribution is 7.92. The molecule has 4 rings (SSSR count). The number of para-hydroxylation sites is 2. The number of hydrogen-bond acceptors (Lipinski definition) is 5. The molecule has 0 N–H and O–H groups in total. The number of carbonyl (C=O) groups excluding carboxylic acids is 1. The number of amides is 1. The number of benzene rings is 2. The van der Waals surface area contributed by atoms with Crippen molar-refractivity contribution < 1.29 is 17.9 Å². The van der Waals surface area contributed by atoms with E-state index in [0.29, 0.717) is 23.5 Å². The Morgan fingerprint density at radius 2 is 1.84 bits per heavy atom. The van der Waals surface area contributed by atoms with Crippen LogP contribution in [-0.4, -0.2) is 44.9 Å². The van der Waals surface area contributed by atoms with Crippen LogP contribution in [0.2, 0.25) is 0 Å². The van der Waals surface area contributed by atoms with Gasteiger partial charge in [-0.1, -0.05) is 18.2 Å². The predicted octanol–water partition coefficient (Wildman–Crippen LogP) is 3.89. The van der Waals surface area contributed by atoms with E-state index in [-0.39, 0.29) is 16.8 Å². The maximum atomic E-state index is 13.2. The SMILES string of the molecule is COc1ccccc1N(C)S(=O)(=O)c1ccc(C(=O)N2CCC[C@@H]2c2cccnc2)cc1. The quantitative estimate of drug-likeness (QED) is 0.568. The van der Waals surface area contributed by atoms with Gasteiger partial charge in [0.25, 0.3) is 15.9 Å². The van der Waals surface area contributed by atoms with Crippen molar-refractivity contribution in [1.82, 2.24) is 9.88 Å². The van der Waals surface area contributed by atoms with Crippen molar-refractivity contribution >= 4 is 21.6 Å². The fraction of sp³-hybridized carbons (Fsp3) is 0.250. The first-order chi connectivity index (χ1) is 15.4. The summed E-state index contributed by atoms with van der Waals surface area (Å²) in [6, 6.07) is 16.8. The van der Waals surface area contributed by atoms with Gasteiger partial charge >= 0.3 is 0 Å². The molecule has 7 nitrogen and oxygen atoms in total. The maximum Gasteiger partial charge on any atom is 0.264 e. The number of carbonyl (C=O) groups is 1. The molecule has 3 aromatic rings. The second-order valence-corrected chi connectivity index (χ2v) is 9.58. The highest BCUT2D eigenvalue weighted by Crippen LogP contribution is 2.33. The van der Waals surface area contributed by atoms with Crippen molar-refractivity contribution in [1.29, 1.82) is 0 Å². The van der Waals surface area contributed by atoms with Crippen molar-refractivity contribution in [2.75, 3.05) is 25.0 Å². The molecule has 8 heteroatoms. The third-order valence-corrected chi connectivity index (χ3v) is 7.55. The second-order valence-electron chi connectivity index (χ2n) is 7.61. The highest BCUT2D eigenvalue weighted by Gasteiger charge is 2.31. The molecule has 32 heavy (non-hydrogen) atoms. The summed E-state index contributed by atoms with van der Waals surface area (Å²) in [5.41, 5.74) is 1.90. The molecule has 0 aliphatic carbocycles. The lowest BCUT2D eigenvalue weighted by molar-refractivity contribution is 0.0735.